The molecule has 3 aromatic rings. The molecule has 1 aliphatic heterocycles. The van der Waals surface area contributed by atoms with Crippen LogP contribution in [0.2, 0.25) is 0 Å². The first kappa shape index (κ1) is 23.0. The molecule has 4 rings (SSSR count). The van der Waals surface area contributed by atoms with Gasteiger partial charge in [-0.2, -0.15) is 13.2 Å². The molecule has 1 amide bonds. The number of halogens is 4. The maximum absolute atomic E-state index is 15.0. The van der Waals surface area contributed by atoms with Crippen LogP contribution < -0.4 is 11.0 Å². The number of hydrogen-bond donors (Lipinski definition) is 0. The van der Waals surface area contributed by atoms with Gasteiger partial charge in [0.15, 0.2) is 0 Å². The highest BCUT2D eigenvalue weighted by atomic mass is 19.4. The molecule has 0 radical (unpaired) electrons. The lowest BCUT2D eigenvalue weighted by Gasteiger charge is -2.31. The first-order chi connectivity index (χ1) is 15.6. The first-order valence-electron chi connectivity index (χ1n) is 10.3. The summed E-state index contributed by atoms with van der Waals surface area (Å²) in [5, 5.41) is 0. The van der Waals surface area contributed by atoms with Crippen LogP contribution in [0, 0.1) is 5.82 Å². The van der Waals surface area contributed by atoms with Crippen molar-refractivity contribution in [2.75, 3.05) is 20.3 Å². The lowest BCUT2D eigenvalue weighted by atomic mass is 9.94. The van der Waals surface area contributed by atoms with Gasteiger partial charge in [-0.05, 0) is 42.7 Å². The molecule has 1 aromatic carbocycles. The number of aromatic nitrogens is 2. The second-order valence-electron chi connectivity index (χ2n) is 7.96. The van der Waals surface area contributed by atoms with Gasteiger partial charge >= 0.3 is 6.18 Å². The van der Waals surface area contributed by atoms with E-state index in [-0.39, 0.29) is 28.4 Å². The van der Waals surface area contributed by atoms with Crippen molar-refractivity contribution < 1.29 is 27.1 Å². The highest BCUT2D eigenvalue weighted by molar-refractivity contribution is 6.33. The van der Waals surface area contributed by atoms with Gasteiger partial charge in [0, 0.05) is 43.5 Å². The van der Waals surface area contributed by atoms with Gasteiger partial charge in [-0.25, -0.2) is 9.37 Å². The lowest BCUT2D eigenvalue weighted by Crippen LogP contribution is -2.40. The number of benzene rings is 1. The second kappa shape index (κ2) is 8.62. The van der Waals surface area contributed by atoms with Gasteiger partial charge in [0.05, 0.1) is 5.56 Å². The molecule has 11 heteroatoms. The lowest BCUT2D eigenvalue weighted by molar-refractivity contribution is -0.140. The Kier molecular flexibility index (Phi) is 6.00. The van der Waals surface area contributed by atoms with Crippen LogP contribution in [-0.2, 0) is 10.9 Å². The summed E-state index contributed by atoms with van der Waals surface area (Å²) in [4.78, 5) is 30.5. The van der Waals surface area contributed by atoms with E-state index < -0.39 is 34.6 Å². The average molecular weight is 461 g/mol. The average Bonchev–Trinajstić information content (AvgIpc) is 2.79. The molecule has 0 unspecified atom stereocenters. The summed E-state index contributed by atoms with van der Waals surface area (Å²) in [6, 6.07) is 6.64. The number of pyridine rings is 1. The van der Waals surface area contributed by atoms with E-state index >= 15 is 0 Å². The standard InChI is InChI=1S/C22H20BF4N3O3/c1-29(13-6-9-33-10-7-13)20(31)15-5-4-12(11-16(15)24)14-3-2-8-30-19(14)28-18(22(25,26)27)17(23)21(30)32/h2-5,8,11,13H,6-7,9-10,23H2,1H3. The predicted molar refractivity (Wildman–Crippen MR) is 116 cm³/mol. The molecule has 0 bridgehead atoms. The number of hydrogen-bond acceptors (Lipinski definition) is 4. The third-order valence-corrected chi connectivity index (χ3v) is 5.92. The maximum Gasteiger partial charge on any atom is 0.433 e. The first-order valence-corrected chi connectivity index (χ1v) is 10.3. The Balaban J connectivity index is 1.76. The summed E-state index contributed by atoms with van der Waals surface area (Å²) in [6.07, 6.45) is -2.21. The molecule has 6 nitrogen and oxygen atoms in total. The van der Waals surface area contributed by atoms with Crippen molar-refractivity contribution in [3.63, 3.8) is 0 Å². The van der Waals surface area contributed by atoms with Gasteiger partial charge < -0.3 is 9.64 Å². The van der Waals surface area contributed by atoms with Gasteiger partial charge in [0.2, 0.25) is 0 Å². The Morgan fingerprint density at radius 1 is 1.24 bits per heavy atom. The van der Waals surface area contributed by atoms with Crippen molar-refractivity contribution in [1.82, 2.24) is 14.3 Å². The van der Waals surface area contributed by atoms with Crippen LogP contribution in [0.25, 0.3) is 16.8 Å². The number of nitrogens with zero attached hydrogens (tertiary/aromatic N) is 3. The van der Waals surface area contributed by atoms with E-state index in [0.29, 0.717) is 26.1 Å². The van der Waals surface area contributed by atoms with E-state index in [4.69, 9.17) is 4.74 Å². The van der Waals surface area contributed by atoms with Gasteiger partial charge in [-0.1, -0.05) is 6.07 Å². The molecule has 3 heterocycles. The molecule has 1 saturated heterocycles. The quantitative estimate of drug-likeness (QED) is 0.443. The molecular formula is C22H20BF4N3O3. The van der Waals surface area contributed by atoms with E-state index in [2.05, 4.69) is 4.98 Å². The van der Waals surface area contributed by atoms with E-state index in [0.717, 1.165) is 18.3 Å². The van der Waals surface area contributed by atoms with Crippen LogP contribution in [0.1, 0.15) is 28.9 Å². The zero-order valence-corrected chi connectivity index (χ0v) is 17.9. The SMILES string of the molecule is Bc1c(C(F)(F)F)nc2c(-c3ccc(C(=O)N(C)C4CCOCC4)c(F)c3)cccn2c1=O. The smallest absolute Gasteiger partial charge is 0.381 e. The van der Waals surface area contributed by atoms with Gasteiger partial charge in [0.1, 0.15) is 25.0 Å². The van der Waals surface area contributed by atoms with E-state index in [9.17, 15) is 27.2 Å². The van der Waals surface area contributed by atoms with Crippen molar-refractivity contribution in [3.05, 3.63) is 64.0 Å². The van der Waals surface area contributed by atoms with Crippen LogP contribution in [0.3, 0.4) is 0 Å². The maximum atomic E-state index is 15.0. The summed E-state index contributed by atoms with van der Waals surface area (Å²) in [7, 11) is 2.67. The Hall–Kier alpha value is -3.21. The molecule has 1 aliphatic rings. The Bertz CT molecular complexity index is 1290. The van der Waals surface area contributed by atoms with Crippen LogP contribution >= 0.6 is 0 Å². The zero-order valence-electron chi connectivity index (χ0n) is 17.9. The number of alkyl halides is 3. The number of rotatable bonds is 3. The zero-order chi connectivity index (χ0) is 23.9. The Morgan fingerprint density at radius 3 is 2.58 bits per heavy atom. The van der Waals surface area contributed by atoms with Crippen LogP contribution in [0.4, 0.5) is 17.6 Å². The van der Waals surface area contributed by atoms with Crippen molar-refractivity contribution in [1.29, 1.82) is 0 Å². The molecule has 0 saturated carbocycles. The fraction of sp³-hybridized carbons (Fsp3) is 0.318. The third-order valence-electron chi connectivity index (χ3n) is 5.92. The topological polar surface area (TPSA) is 63.9 Å². The number of carbonyl (C=O) groups is 1. The molecule has 33 heavy (non-hydrogen) atoms. The Labute approximate surface area is 187 Å². The predicted octanol–water partition coefficient (Wildman–Crippen LogP) is 2.03. The molecule has 0 aliphatic carbocycles. The number of amides is 1. The molecule has 172 valence electrons. The summed E-state index contributed by atoms with van der Waals surface area (Å²) in [5.74, 6) is -1.31. The highest BCUT2D eigenvalue weighted by Crippen LogP contribution is 2.29. The van der Waals surface area contributed by atoms with Gasteiger partial charge in [-0.15, -0.1) is 0 Å². The fourth-order valence-corrected chi connectivity index (χ4v) is 4.04. The molecule has 1 fully saturated rings. The minimum Gasteiger partial charge on any atom is -0.381 e. The summed E-state index contributed by atoms with van der Waals surface area (Å²) >= 11 is 0. The van der Waals surface area contributed by atoms with Crippen molar-refractivity contribution >= 4 is 24.9 Å². The van der Waals surface area contributed by atoms with Crippen LogP contribution in [0.5, 0.6) is 0 Å². The minimum atomic E-state index is -4.82. The molecule has 0 spiro atoms. The largest absolute Gasteiger partial charge is 0.433 e. The monoisotopic (exact) mass is 461 g/mol. The van der Waals surface area contributed by atoms with Crippen molar-refractivity contribution in [2.24, 2.45) is 0 Å². The van der Waals surface area contributed by atoms with Crippen LogP contribution in [0.15, 0.2) is 41.3 Å². The summed E-state index contributed by atoms with van der Waals surface area (Å²) < 4.78 is 61.5. The third kappa shape index (κ3) is 4.24. The molecular weight excluding hydrogens is 441 g/mol. The number of carbonyl (C=O) groups excluding carboxylic acids is 1. The van der Waals surface area contributed by atoms with Gasteiger partial charge in [-0.3, -0.25) is 14.0 Å². The van der Waals surface area contributed by atoms with Crippen molar-refractivity contribution in [2.45, 2.75) is 25.1 Å². The minimum absolute atomic E-state index is 0.0662. The molecule has 0 atom stereocenters. The fourth-order valence-electron chi connectivity index (χ4n) is 4.04. The van der Waals surface area contributed by atoms with Crippen LogP contribution in [-0.4, -0.2) is 54.3 Å². The summed E-state index contributed by atoms with van der Waals surface area (Å²) in [6.45, 7) is 1.05. The molecule has 0 N–H and O–H groups in total. The van der Waals surface area contributed by atoms with E-state index in [1.165, 1.54) is 35.4 Å². The van der Waals surface area contributed by atoms with E-state index in [1.54, 1.807) is 7.05 Å². The number of ether oxygens (including phenoxy) is 1. The molecule has 2 aromatic heterocycles. The normalized spacial score (nSPS) is 15.1. The summed E-state index contributed by atoms with van der Waals surface area (Å²) in [5.41, 5.74) is -2.75. The van der Waals surface area contributed by atoms with Gasteiger partial charge in [0.25, 0.3) is 11.5 Å². The highest BCUT2D eigenvalue weighted by Gasteiger charge is 2.36. The number of fused-ring (bicyclic) bond motifs is 1. The van der Waals surface area contributed by atoms with E-state index in [1.807, 2.05) is 0 Å². The van der Waals surface area contributed by atoms with Crippen molar-refractivity contribution in [3.8, 4) is 11.1 Å². The second-order valence-corrected chi connectivity index (χ2v) is 7.96. The Morgan fingerprint density at radius 2 is 1.94 bits per heavy atom.